The zero-order valence-electron chi connectivity index (χ0n) is 10.1. The van der Waals surface area contributed by atoms with Crippen LogP contribution in [0.15, 0.2) is 18.5 Å². The molecule has 0 fully saturated rings. The molecule has 2 N–H and O–H groups in total. The van der Waals surface area contributed by atoms with Crippen molar-refractivity contribution in [3.8, 4) is 0 Å². The predicted molar refractivity (Wildman–Crippen MR) is 65.0 cm³/mol. The molecule has 0 unspecified atom stereocenters. The molecule has 0 amide bonds. The lowest BCUT2D eigenvalue weighted by Crippen LogP contribution is -2.27. The van der Waals surface area contributed by atoms with Crippen molar-refractivity contribution in [1.29, 1.82) is 0 Å². The van der Waals surface area contributed by atoms with Crippen molar-refractivity contribution in [2.24, 2.45) is 0 Å². The molecule has 1 heterocycles. The minimum Gasteiger partial charge on any atom is -0.379 e. The molecule has 0 atom stereocenters. The van der Waals surface area contributed by atoms with Gasteiger partial charge in [0.1, 0.15) is 0 Å². The lowest BCUT2D eigenvalue weighted by atomic mass is 10.1. The molecule has 1 rings (SSSR count). The first-order valence-corrected chi connectivity index (χ1v) is 5.44. The summed E-state index contributed by atoms with van der Waals surface area (Å²) in [7, 11) is 0. The van der Waals surface area contributed by atoms with Crippen LogP contribution in [0.5, 0.6) is 0 Å². The Morgan fingerprint density at radius 2 is 2.07 bits per heavy atom. The van der Waals surface area contributed by atoms with Crippen LogP contribution in [0.25, 0.3) is 0 Å². The molecule has 0 aliphatic heterocycles. The summed E-state index contributed by atoms with van der Waals surface area (Å²) in [6.07, 6.45) is 3.72. The third-order valence-electron chi connectivity index (χ3n) is 1.99. The van der Waals surface area contributed by atoms with Gasteiger partial charge in [0.15, 0.2) is 0 Å². The second-order valence-corrected chi connectivity index (χ2v) is 4.69. The van der Waals surface area contributed by atoms with Gasteiger partial charge in [-0.15, -0.1) is 0 Å². The van der Waals surface area contributed by atoms with Gasteiger partial charge < -0.3 is 10.6 Å². The van der Waals surface area contributed by atoms with Gasteiger partial charge in [-0.1, -0.05) is 6.92 Å². The number of anilines is 1. The number of hydrogen-bond donors (Lipinski definition) is 2. The fourth-order valence-corrected chi connectivity index (χ4v) is 1.35. The van der Waals surface area contributed by atoms with Gasteiger partial charge in [-0.05, 0) is 38.9 Å². The van der Waals surface area contributed by atoms with Gasteiger partial charge in [0, 0.05) is 18.3 Å². The highest BCUT2D eigenvalue weighted by Crippen LogP contribution is 2.18. The molecule has 0 aliphatic carbocycles. The number of nitrogens with one attached hydrogen (secondary N) is 2. The van der Waals surface area contributed by atoms with Crippen LogP contribution in [0.4, 0.5) is 5.69 Å². The largest absolute Gasteiger partial charge is 0.379 e. The number of hydrogen-bond acceptors (Lipinski definition) is 3. The van der Waals surface area contributed by atoms with E-state index in [1.165, 1.54) is 5.56 Å². The fraction of sp³-hybridized carbons (Fsp3) is 0.583. The Morgan fingerprint density at radius 3 is 2.67 bits per heavy atom. The number of pyridine rings is 1. The van der Waals surface area contributed by atoms with Crippen molar-refractivity contribution in [3.05, 3.63) is 24.0 Å². The van der Waals surface area contributed by atoms with Crippen molar-refractivity contribution in [1.82, 2.24) is 10.3 Å². The van der Waals surface area contributed by atoms with Crippen LogP contribution in [0.3, 0.4) is 0 Å². The minimum atomic E-state index is 0.0734. The lowest BCUT2D eigenvalue weighted by molar-refractivity contribution is 0.629. The average Bonchev–Trinajstić information content (AvgIpc) is 2.14. The SMILES string of the molecule is CCNCc1ccncc1NC(C)(C)C. The molecule has 3 heteroatoms. The Morgan fingerprint density at radius 1 is 1.33 bits per heavy atom. The van der Waals surface area contributed by atoms with E-state index in [0.29, 0.717) is 0 Å². The van der Waals surface area contributed by atoms with Crippen LogP contribution in [0.2, 0.25) is 0 Å². The summed E-state index contributed by atoms with van der Waals surface area (Å²) in [5.41, 5.74) is 2.46. The molecule has 0 saturated carbocycles. The van der Waals surface area contributed by atoms with Crippen LogP contribution in [-0.4, -0.2) is 17.1 Å². The van der Waals surface area contributed by atoms with Crippen LogP contribution >= 0.6 is 0 Å². The van der Waals surface area contributed by atoms with Crippen molar-refractivity contribution in [2.45, 2.75) is 39.8 Å². The molecule has 0 radical (unpaired) electrons. The second kappa shape index (κ2) is 5.12. The van der Waals surface area contributed by atoms with E-state index in [1.54, 1.807) is 0 Å². The Bertz CT molecular complexity index is 302. The first-order valence-electron chi connectivity index (χ1n) is 5.44. The van der Waals surface area contributed by atoms with Crippen molar-refractivity contribution in [3.63, 3.8) is 0 Å². The van der Waals surface area contributed by atoms with Gasteiger partial charge in [0.25, 0.3) is 0 Å². The highest BCUT2D eigenvalue weighted by atomic mass is 15.0. The maximum Gasteiger partial charge on any atom is 0.0576 e. The average molecular weight is 207 g/mol. The molecule has 0 spiro atoms. The standard InChI is InChI=1S/C12H21N3/c1-5-13-8-10-6-7-14-9-11(10)15-12(2,3)4/h6-7,9,13,15H,5,8H2,1-4H3. The van der Waals surface area contributed by atoms with E-state index in [0.717, 1.165) is 18.8 Å². The zero-order chi connectivity index (χ0) is 11.3. The molecule has 3 nitrogen and oxygen atoms in total. The van der Waals surface area contributed by atoms with Crippen LogP contribution < -0.4 is 10.6 Å². The fourth-order valence-electron chi connectivity index (χ4n) is 1.35. The van der Waals surface area contributed by atoms with Crippen molar-refractivity contribution >= 4 is 5.69 Å². The molecule has 15 heavy (non-hydrogen) atoms. The normalized spacial score (nSPS) is 11.5. The van der Waals surface area contributed by atoms with Gasteiger partial charge in [-0.25, -0.2) is 0 Å². The Hall–Kier alpha value is -1.09. The lowest BCUT2D eigenvalue weighted by Gasteiger charge is -2.23. The number of rotatable bonds is 4. The first-order chi connectivity index (χ1) is 7.03. The van der Waals surface area contributed by atoms with E-state index in [1.807, 2.05) is 12.4 Å². The predicted octanol–water partition coefficient (Wildman–Crippen LogP) is 2.40. The second-order valence-electron chi connectivity index (χ2n) is 4.69. The molecule has 84 valence electrons. The molecule has 0 aliphatic rings. The number of nitrogens with zero attached hydrogens (tertiary/aromatic N) is 1. The molecular formula is C12H21N3. The zero-order valence-corrected chi connectivity index (χ0v) is 10.1. The van der Waals surface area contributed by atoms with Gasteiger partial charge in [-0.3, -0.25) is 4.98 Å². The minimum absolute atomic E-state index is 0.0734. The quantitative estimate of drug-likeness (QED) is 0.796. The smallest absolute Gasteiger partial charge is 0.0576 e. The Labute approximate surface area is 92.3 Å². The van der Waals surface area contributed by atoms with Crippen LogP contribution in [-0.2, 0) is 6.54 Å². The molecule has 1 aromatic heterocycles. The Balaban J connectivity index is 2.77. The summed E-state index contributed by atoms with van der Waals surface area (Å²) in [5.74, 6) is 0. The van der Waals surface area contributed by atoms with E-state index in [4.69, 9.17) is 0 Å². The van der Waals surface area contributed by atoms with Crippen molar-refractivity contribution < 1.29 is 0 Å². The Kier molecular flexibility index (Phi) is 4.09. The monoisotopic (exact) mass is 207 g/mol. The summed E-state index contributed by atoms with van der Waals surface area (Å²) in [6, 6.07) is 2.05. The van der Waals surface area contributed by atoms with E-state index >= 15 is 0 Å². The van der Waals surface area contributed by atoms with Crippen LogP contribution in [0.1, 0.15) is 33.3 Å². The number of aromatic nitrogens is 1. The third kappa shape index (κ3) is 4.30. The third-order valence-corrected chi connectivity index (χ3v) is 1.99. The maximum absolute atomic E-state index is 4.15. The summed E-state index contributed by atoms with van der Waals surface area (Å²) in [4.78, 5) is 4.15. The topological polar surface area (TPSA) is 37.0 Å². The molecule has 0 bridgehead atoms. The van der Waals surface area contributed by atoms with Gasteiger partial charge in [0.2, 0.25) is 0 Å². The van der Waals surface area contributed by atoms with E-state index in [2.05, 4.69) is 49.4 Å². The highest BCUT2D eigenvalue weighted by molar-refractivity contribution is 5.50. The molecular weight excluding hydrogens is 186 g/mol. The van der Waals surface area contributed by atoms with E-state index in [9.17, 15) is 0 Å². The summed E-state index contributed by atoms with van der Waals surface area (Å²) in [5, 5.41) is 6.78. The summed E-state index contributed by atoms with van der Waals surface area (Å²) < 4.78 is 0. The van der Waals surface area contributed by atoms with Gasteiger partial charge in [0.05, 0.1) is 11.9 Å². The highest BCUT2D eigenvalue weighted by Gasteiger charge is 2.11. The van der Waals surface area contributed by atoms with Crippen molar-refractivity contribution in [2.75, 3.05) is 11.9 Å². The summed E-state index contributed by atoms with van der Waals surface area (Å²) in [6.45, 7) is 10.4. The summed E-state index contributed by atoms with van der Waals surface area (Å²) >= 11 is 0. The van der Waals surface area contributed by atoms with Crippen LogP contribution in [0, 0.1) is 0 Å². The first kappa shape index (κ1) is 12.0. The van der Waals surface area contributed by atoms with Gasteiger partial charge >= 0.3 is 0 Å². The van der Waals surface area contributed by atoms with E-state index < -0.39 is 0 Å². The molecule has 1 aromatic rings. The van der Waals surface area contributed by atoms with Gasteiger partial charge in [-0.2, -0.15) is 0 Å². The van der Waals surface area contributed by atoms with E-state index in [-0.39, 0.29) is 5.54 Å². The maximum atomic E-state index is 4.15. The molecule has 0 aromatic carbocycles. The molecule has 0 saturated heterocycles.